The maximum absolute atomic E-state index is 12.3. The molecule has 0 aliphatic heterocycles. The molecule has 0 aromatic heterocycles. The van der Waals surface area contributed by atoms with Crippen molar-refractivity contribution in [1.82, 2.24) is 0 Å². The summed E-state index contributed by atoms with van der Waals surface area (Å²) < 4.78 is 5.50. The first-order chi connectivity index (χ1) is 12.9. The van der Waals surface area contributed by atoms with Crippen LogP contribution in [0.2, 0.25) is 0 Å². The minimum absolute atomic E-state index is 0.0441. The number of rotatable bonds is 9. The van der Waals surface area contributed by atoms with Crippen LogP contribution in [0.4, 0.5) is 5.69 Å². The number of amides is 1. The zero-order valence-corrected chi connectivity index (χ0v) is 16.0. The van der Waals surface area contributed by atoms with Gasteiger partial charge in [0.25, 0.3) is 0 Å². The van der Waals surface area contributed by atoms with E-state index in [4.69, 9.17) is 4.74 Å². The number of ketones is 2. The third-order valence-electron chi connectivity index (χ3n) is 3.95. The number of ether oxygens (including phenoxy) is 1. The molecule has 0 saturated carbocycles. The lowest BCUT2D eigenvalue weighted by Crippen LogP contribution is -2.14. The second-order valence-corrected chi connectivity index (χ2v) is 6.74. The van der Waals surface area contributed by atoms with Gasteiger partial charge in [0.1, 0.15) is 5.75 Å². The molecule has 5 heteroatoms. The van der Waals surface area contributed by atoms with Gasteiger partial charge in [-0.2, -0.15) is 0 Å². The molecule has 5 nitrogen and oxygen atoms in total. The van der Waals surface area contributed by atoms with Crippen LogP contribution in [0.1, 0.15) is 54.3 Å². The first kappa shape index (κ1) is 20.4. The molecule has 0 spiro atoms. The Bertz CT molecular complexity index is 792. The van der Waals surface area contributed by atoms with E-state index < -0.39 is 0 Å². The number of anilines is 1. The van der Waals surface area contributed by atoms with Gasteiger partial charge in [0.05, 0.1) is 0 Å². The molecular weight excluding hydrogens is 342 g/mol. The van der Waals surface area contributed by atoms with Crippen molar-refractivity contribution in [2.75, 3.05) is 11.9 Å². The molecule has 0 aliphatic rings. The Morgan fingerprint density at radius 3 is 2.00 bits per heavy atom. The highest BCUT2D eigenvalue weighted by atomic mass is 16.5. The Balaban J connectivity index is 1.88. The van der Waals surface area contributed by atoms with E-state index in [2.05, 4.69) is 5.32 Å². The molecule has 2 aromatic carbocycles. The molecule has 0 saturated heterocycles. The highest BCUT2D eigenvalue weighted by molar-refractivity contribution is 5.98. The van der Waals surface area contributed by atoms with Crippen LogP contribution in [0.5, 0.6) is 5.75 Å². The molecule has 2 rings (SSSR count). The Morgan fingerprint density at radius 1 is 0.889 bits per heavy atom. The van der Waals surface area contributed by atoms with Gasteiger partial charge in [-0.3, -0.25) is 14.4 Å². The van der Waals surface area contributed by atoms with Crippen LogP contribution in [0, 0.1) is 5.92 Å². The van der Waals surface area contributed by atoms with Crippen molar-refractivity contribution in [3.8, 4) is 5.75 Å². The number of Topliss-reactive ketones (excluding diaryl/α,β-unsaturated/α-hetero) is 2. The molecule has 27 heavy (non-hydrogen) atoms. The van der Waals surface area contributed by atoms with E-state index >= 15 is 0 Å². The predicted octanol–water partition coefficient (Wildman–Crippen LogP) is 4.53. The average Bonchev–Trinajstić information content (AvgIpc) is 2.65. The average molecular weight is 367 g/mol. The maximum Gasteiger partial charge on any atom is 0.224 e. The molecule has 0 unspecified atom stereocenters. The van der Waals surface area contributed by atoms with Crippen molar-refractivity contribution in [3.63, 3.8) is 0 Å². The first-order valence-electron chi connectivity index (χ1n) is 9.08. The Labute approximate surface area is 159 Å². The third kappa shape index (κ3) is 6.37. The lowest BCUT2D eigenvalue weighted by molar-refractivity contribution is -0.116. The summed E-state index contributed by atoms with van der Waals surface area (Å²) in [4.78, 5) is 35.6. The fourth-order valence-corrected chi connectivity index (χ4v) is 2.50. The number of nitrogens with one attached hydrogen (secondary N) is 1. The quantitative estimate of drug-likeness (QED) is 0.661. The van der Waals surface area contributed by atoms with Crippen LogP contribution >= 0.6 is 0 Å². The second-order valence-electron chi connectivity index (χ2n) is 6.74. The summed E-state index contributed by atoms with van der Waals surface area (Å²) in [6.07, 6.45) is 0.907. The predicted molar refractivity (Wildman–Crippen MR) is 105 cm³/mol. The lowest BCUT2D eigenvalue weighted by Gasteiger charge is -2.09. The van der Waals surface area contributed by atoms with Crippen molar-refractivity contribution in [1.29, 1.82) is 0 Å². The van der Waals surface area contributed by atoms with Gasteiger partial charge in [-0.15, -0.1) is 0 Å². The summed E-state index contributed by atoms with van der Waals surface area (Å²) >= 11 is 0. The minimum Gasteiger partial charge on any atom is -0.485 e. The Kier molecular flexibility index (Phi) is 7.29. The van der Waals surface area contributed by atoms with Crippen LogP contribution in [0.25, 0.3) is 0 Å². The highest BCUT2D eigenvalue weighted by Crippen LogP contribution is 2.15. The smallest absolute Gasteiger partial charge is 0.224 e. The SMILES string of the molecule is CCC(=O)c1ccc(OCC(=O)c2ccc(NC(=O)CC(C)C)cc2)cc1. The lowest BCUT2D eigenvalue weighted by atomic mass is 10.1. The molecule has 1 N–H and O–H groups in total. The third-order valence-corrected chi connectivity index (χ3v) is 3.95. The first-order valence-corrected chi connectivity index (χ1v) is 9.08. The van der Waals surface area contributed by atoms with Crippen LogP contribution in [-0.4, -0.2) is 24.1 Å². The highest BCUT2D eigenvalue weighted by Gasteiger charge is 2.09. The number of carbonyl (C=O) groups is 3. The van der Waals surface area contributed by atoms with E-state index in [0.29, 0.717) is 35.4 Å². The van der Waals surface area contributed by atoms with Gasteiger partial charge in [-0.1, -0.05) is 20.8 Å². The van der Waals surface area contributed by atoms with Crippen LogP contribution < -0.4 is 10.1 Å². The molecule has 0 fully saturated rings. The largest absolute Gasteiger partial charge is 0.485 e. The molecule has 1 amide bonds. The summed E-state index contributed by atoms with van der Waals surface area (Å²) in [6.45, 7) is 5.68. The molecule has 0 atom stereocenters. The van der Waals surface area contributed by atoms with E-state index in [1.807, 2.05) is 20.8 Å². The monoisotopic (exact) mass is 367 g/mol. The van der Waals surface area contributed by atoms with E-state index in [1.165, 1.54) is 0 Å². The minimum atomic E-state index is -0.163. The zero-order chi connectivity index (χ0) is 19.8. The van der Waals surface area contributed by atoms with E-state index in [0.717, 1.165) is 0 Å². The number of hydrogen-bond donors (Lipinski definition) is 1. The van der Waals surface area contributed by atoms with Gasteiger partial charge in [-0.05, 0) is 54.4 Å². The van der Waals surface area contributed by atoms with Crippen LogP contribution in [0.15, 0.2) is 48.5 Å². The molecule has 2 aromatic rings. The summed E-state index contributed by atoms with van der Waals surface area (Å²) in [5.41, 5.74) is 1.80. The fraction of sp³-hybridized carbons (Fsp3) is 0.318. The standard InChI is InChI=1S/C22H25NO4/c1-4-20(24)16-7-11-19(12-8-16)27-14-21(25)17-5-9-18(10-6-17)23-22(26)13-15(2)3/h5-12,15H,4,13-14H2,1-3H3,(H,23,26). The zero-order valence-electron chi connectivity index (χ0n) is 16.0. The fourth-order valence-electron chi connectivity index (χ4n) is 2.50. The van der Waals surface area contributed by atoms with Crippen molar-refractivity contribution < 1.29 is 19.1 Å². The van der Waals surface area contributed by atoms with Gasteiger partial charge in [0.2, 0.25) is 5.91 Å². The van der Waals surface area contributed by atoms with Crippen LogP contribution in [0.3, 0.4) is 0 Å². The van der Waals surface area contributed by atoms with Gasteiger partial charge in [0, 0.05) is 29.7 Å². The van der Waals surface area contributed by atoms with E-state index in [9.17, 15) is 14.4 Å². The normalized spacial score (nSPS) is 10.5. The number of benzene rings is 2. The summed E-state index contributed by atoms with van der Waals surface area (Å²) in [6, 6.07) is 13.5. The van der Waals surface area contributed by atoms with Crippen molar-refractivity contribution in [3.05, 3.63) is 59.7 Å². The molecular formula is C22H25NO4. The molecule has 0 bridgehead atoms. The molecule has 0 radical (unpaired) electrons. The topological polar surface area (TPSA) is 72.5 Å². The Morgan fingerprint density at radius 2 is 1.44 bits per heavy atom. The van der Waals surface area contributed by atoms with E-state index in [-0.39, 0.29) is 30.0 Å². The number of hydrogen-bond acceptors (Lipinski definition) is 4. The van der Waals surface area contributed by atoms with Gasteiger partial charge >= 0.3 is 0 Å². The van der Waals surface area contributed by atoms with Gasteiger partial charge in [0.15, 0.2) is 18.2 Å². The Hall–Kier alpha value is -2.95. The summed E-state index contributed by atoms with van der Waals surface area (Å²) in [7, 11) is 0. The van der Waals surface area contributed by atoms with Crippen molar-refractivity contribution in [2.45, 2.75) is 33.6 Å². The molecule has 142 valence electrons. The van der Waals surface area contributed by atoms with Gasteiger partial charge < -0.3 is 10.1 Å². The summed E-state index contributed by atoms with van der Waals surface area (Å²) in [5.74, 6) is 0.685. The maximum atomic E-state index is 12.3. The van der Waals surface area contributed by atoms with Crippen LogP contribution in [-0.2, 0) is 4.79 Å². The number of carbonyl (C=O) groups excluding carboxylic acids is 3. The molecule has 0 aliphatic carbocycles. The van der Waals surface area contributed by atoms with Gasteiger partial charge in [-0.25, -0.2) is 0 Å². The van der Waals surface area contributed by atoms with Crippen molar-refractivity contribution in [2.24, 2.45) is 5.92 Å². The van der Waals surface area contributed by atoms with E-state index in [1.54, 1.807) is 48.5 Å². The summed E-state index contributed by atoms with van der Waals surface area (Å²) in [5, 5.41) is 2.81. The second kappa shape index (κ2) is 9.67. The van der Waals surface area contributed by atoms with Crippen molar-refractivity contribution >= 4 is 23.2 Å². The molecule has 0 heterocycles.